The van der Waals surface area contributed by atoms with Crippen molar-refractivity contribution in [3.05, 3.63) is 271 Å². The van der Waals surface area contributed by atoms with Gasteiger partial charge >= 0.3 is 0 Å². The van der Waals surface area contributed by atoms with Gasteiger partial charge in [-0.25, -0.2) is 0 Å². The highest BCUT2D eigenvalue weighted by Crippen LogP contribution is 2.58. The summed E-state index contributed by atoms with van der Waals surface area (Å²) in [6.07, 6.45) is 5.19. The molecule has 15 rings (SSSR count). The molecule has 4 aliphatic rings. The lowest BCUT2D eigenvalue weighted by Crippen LogP contribution is -2.61. The maximum absolute atomic E-state index is 2.76. The van der Waals surface area contributed by atoms with E-state index in [2.05, 4.69) is 306 Å². The molecule has 84 heavy (non-hydrogen) atoms. The maximum atomic E-state index is 2.76. The molecular weight excluding hydrogens is 1010 g/mol. The number of hydrogen-bond acceptors (Lipinski definition) is 2. The number of nitrogens with zero attached hydrogens (tertiary/aromatic N) is 2. The second kappa shape index (κ2) is 20.5. The summed E-state index contributed by atoms with van der Waals surface area (Å²) in [5, 5.41) is 0. The molecule has 2 fully saturated rings. The summed E-state index contributed by atoms with van der Waals surface area (Å²) in [5.41, 5.74) is 29.7. The molecule has 2 aliphatic heterocycles. The molecule has 2 heterocycles. The molecule has 1 unspecified atom stereocenters. The Labute approximate surface area is 498 Å². The zero-order chi connectivity index (χ0) is 56.8. The van der Waals surface area contributed by atoms with Crippen molar-refractivity contribution in [2.75, 3.05) is 9.80 Å². The first-order valence-electron chi connectivity index (χ1n) is 30.7. The van der Waals surface area contributed by atoms with Crippen LogP contribution in [0.5, 0.6) is 0 Å². The monoisotopic (exact) mass is 1080 g/mol. The molecule has 11 aromatic carbocycles. The van der Waals surface area contributed by atoms with Gasteiger partial charge in [-0.15, -0.1) is 0 Å². The van der Waals surface area contributed by atoms with Crippen LogP contribution in [0.2, 0.25) is 0 Å². The van der Waals surface area contributed by atoms with Crippen LogP contribution in [0.15, 0.2) is 255 Å². The summed E-state index contributed by atoms with van der Waals surface area (Å²) in [7, 11) is 0. The van der Waals surface area contributed by atoms with Gasteiger partial charge < -0.3 is 9.80 Å². The van der Waals surface area contributed by atoms with Crippen molar-refractivity contribution < 1.29 is 0 Å². The molecule has 0 aromatic heterocycles. The number of fused-ring (bicyclic) bond motifs is 6. The Morgan fingerprint density at radius 2 is 0.679 bits per heavy atom. The molecule has 11 aromatic rings. The smallest absolute Gasteiger partial charge is 0.252 e. The van der Waals surface area contributed by atoms with Crippen molar-refractivity contribution in [2.45, 2.75) is 84.0 Å². The average molecular weight is 1080 g/mol. The molecule has 3 heteroatoms. The molecule has 2 aliphatic carbocycles. The molecule has 0 spiro atoms. The number of rotatable bonds is 9. The molecular formula is C81H71BN2. The van der Waals surface area contributed by atoms with Gasteiger partial charge in [0, 0.05) is 45.0 Å². The molecule has 2 saturated carbocycles. The lowest BCUT2D eigenvalue weighted by atomic mass is 9.33. The van der Waals surface area contributed by atoms with Crippen LogP contribution < -0.4 is 26.2 Å². The summed E-state index contributed by atoms with van der Waals surface area (Å²) in [6, 6.07) is 97.4. The quantitative estimate of drug-likeness (QED) is 0.133. The van der Waals surface area contributed by atoms with Gasteiger partial charge in [-0.2, -0.15) is 0 Å². The summed E-state index contributed by atoms with van der Waals surface area (Å²) >= 11 is 0. The van der Waals surface area contributed by atoms with Crippen molar-refractivity contribution >= 4 is 57.2 Å². The first kappa shape index (κ1) is 51.9. The fourth-order valence-electron chi connectivity index (χ4n) is 15.0. The molecule has 2 nitrogen and oxygen atoms in total. The molecule has 408 valence electrons. The minimum absolute atomic E-state index is 0.127. The van der Waals surface area contributed by atoms with Crippen molar-refractivity contribution in [1.29, 1.82) is 0 Å². The Balaban J connectivity index is 1.14. The first-order valence-corrected chi connectivity index (χ1v) is 30.7. The summed E-state index contributed by atoms with van der Waals surface area (Å²) in [5.74, 6) is 1.87. The Morgan fingerprint density at radius 3 is 0.988 bits per heavy atom. The van der Waals surface area contributed by atoms with Crippen LogP contribution in [0.25, 0.3) is 66.8 Å². The van der Waals surface area contributed by atoms with Gasteiger partial charge in [-0.1, -0.05) is 254 Å². The Hall–Kier alpha value is -8.92. The van der Waals surface area contributed by atoms with Crippen molar-refractivity contribution in [2.24, 2.45) is 11.8 Å². The minimum atomic E-state index is -0.127. The number of benzene rings is 11. The Kier molecular flexibility index (Phi) is 12.6. The van der Waals surface area contributed by atoms with E-state index < -0.39 is 0 Å². The Morgan fingerprint density at radius 1 is 0.333 bits per heavy atom. The summed E-state index contributed by atoms with van der Waals surface area (Å²) in [4.78, 5) is 5.52. The highest BCUT2D eigenvalue weighted by Gasteiger charge is 2.48. The van der Waals surface area contributed by atoms with Gasteiger partial charge in [-0.05, 0) is 174 Å². The van der Waals surface area contributed by atoms with Gasteiger partial charge in [0.1, 0.15) is 0 Å². The molecule has 2 bridgehead atoms. The fourth-order valence-corrected chi connectivity index (χ4v) is 15.0. The van der Waals surface area contributed by atoms with E-state index in [0.29, 0.717) is 11.8 Å². The van der Waals surface area contributed by atoms with Crippen molar-refractivity contribution in [1.82, 2.24) is 0 Å². The minimum Gasteiger partial charge on any atom is -0.310 e. The predicted molar refractivity (Wildman–Crippen MR) is 359 cm³/mol. The third-order valence-electron chi connectivity index (χ3n) is 19.2. The van der Waals surface area contributed by atoms with Gasteiger partial charge in [0.25, 0.3) is 6.71 Å². The standard InChI is InChI=1S/C81H71BN2/c1-80(2,3)64-49-67(56-29-17-9-18-30-56)78(68(50-64)57-31-19-10-20-32-57)83-73-41-39-60(54-25-13-7-14-26-54)45-71(73)82-72-46-61(55-27-15-8-16-28-55)40-42-74(72)84(76-48-63(47-75(83)77(76)82)66-44-53-37-38-62(66)43-53)79-69(58-33-21-11-22-34-58)51-65(81(4,5)6)52-70(79)59-35-23-12-24-36-59/h7-36,39-42,45-53,62,66H,37-38,43-44H2,1-6H3/t53-,62+,66?/m0/s1. The van der Waals surface area contributed by atoms with E-state index in [1.807, 2.05) is 0 Å². The van der Waals surface area contributed by atoms with Crippen LogP contribution in [0.4, 0.5) is 34.1 Å². The van der Waals surface area contributed by atoms with E-state index >= 15 is 0 Å². The molecule has 0 amide bonds. The first-order chi connectivity index (χ1) is 40.9. The normalized spacial score (nSPS) is 16.8. The summed E-state index contributed by atoms with van der Waals surface area (Å²) < 4.78 is 0. The zero-order valence-electron chi connectivity index (χ0n) is 49.3. The van der Waals surface area contributed by atoms with Gasteiger partial charge in [0.15, 0.2) is 0 Å². The third-order valence-corrected chi connectivity index (χ3v) is 19.2. The zero-order valence-corrected chi connectivity index (χ0v) is 49.3. The van der Waals surface area contributed by atoms with Gasteiger partial charge in [0.05, 0.1) is 11.4 Å². The Bertz CT molecular complexity index is 3890. The van der Waals surface area contributed by atoms with Crippen LogP contribution in [-0.4, -0.2) is 6.71 Å². The van der Waals surface area contributed by atoms with E-state index in [9.17, 15) is 0 Å². The lowest BCUT2D eigenvalue weighted by molar-refractivity contribution is 0.420. The highest BCUT2D eigenvalue weighted by molar-refractivity contribution is 7.00. The van der Waals surface area contributed by atoms with E-state index in [-0.39, 0.29) is 17.5 Å². The maximum Gasteiger partial charge on any atom is 0.252 e. The van der Waals surface area contributed by atoms with Crippen molar-refractivity contribution in [3.8, 4) is 66.8 Å². The van der Waals surface area contributed by atoms with E-state index in [4.69, 9.17) is 0 Å². The average Bonchev–Trinajstić information content (AvgIpc) is 1.21. The second-order valence-corrected chi connectivity index (χ2v) is 26.4. The second-order valence-electron chi connectivity index (χ2n) is 26.4. The number of hydrogen-bond donors (Lipinski definition) is 0. The van der Waals surface area contributed by atoms with Gasteiger partial charge in [-0.3, -0.25) is 0 Å². The highest BCUT2D eigenvalue weighted by atomic mass is 15.2. The lowest BCUT2D eigenvalue weighted by Gasteiger charge is -2.46. The van der Waals surface area contributed by atoms with E-state index in [1.54, 1.807) is 0 Å². The van der Waals surface area contributed by atoms with Crippen LogP contribution in [0.3, 0.4) is 0 Å². The summed E-state index contributed by atoms with van der Waals surface area (Å²) in [6.45, 7) is 14.1. The van der Waals surface area contributed by atoms with Crippen LogP contribution in [0, 0.1) is 11.8 Å². The molecule has 0 N–H and O–H groups in total. The molecule has 3 atom stereocenters. The van der Waals surface area contributed by atoms with E-state index in [1.165, 1.54) is 160 Å². The number of anilines is 6. The SMILES string of the molecule is CC(C)(C)c1cc(-c2ccccc2)c(N2c3ccc(-c4ccccc4)cc3B3c4cc(-c5ccccc5)ccc4N(c4c(-c5ccccc5)cc(C(C)(C)C)cc4-c4ccccc4)c4cc(C5C[C@H]6CC[C@@H]5C6)cc2c43)c(-c2ccccc2)c1. The third kappa shape index (κ3) is 8.94. The van der Waals surface area contributed by atoms with Crippen LogP contribution in [-0.2, 0) is 10.8 Å². The van der Waals surface area contributed by atoms with E-state index in [0.717, 1.165) is 5.92 Å². The molecule has 0 radical (unpaired) electrons. The van der Waals surface area contributed by atoms with Crippen LogP contribution in [0.1, 0.15) is 89.8 Å². The van der Waals surface area contributed by atoms with Crippen molar-refractivity contribution in [3.63, 3.8) is 0 Å². The van der Waals surface area contributed by atoms with Gasteiger partial charge in [0.2, 0.25) is 0 Å². The molecule has 0 saturated heterocycles. The largest absolute Gasteiger partial charge is 0.310 e. The topological polar surface area (TPSA) is 6.48 Å². The fraction of sp³-hybridized carbons (Fsp3) is 0.185. The van der Waals surface area contributed by atoms with Crippen LogP contribution >= 0.6 is 0 Å². The predicted octanol–water partition coefficient (Wildman–Crippen LogP) is 20.3.